The fourth-order valence-electron chi connectivity index (χ4n) is 7.05. The van der Waals surface area contributed by atoms with Crippen molar-refractivity contribution < 1.29 is 68.3 Å². The van der Waals surface area contributed by atoms with Gasteiger partial charge in [0.15, 0.2) is 6.20 Å². The van der Waals surface area contributed by atoms with Gasteiger partial charge >= 0.3 is 24.3 Å². The topological polar surface area (TPSA) is 187 Å². The van der Waals surface area contributed by atoms with E-state index < -0.39 is 90.9 Å². The van der Waals surface area contributed by atoms with Gasteiger partial charge in [0.2, 0.25) is 17.6 Å². The van der Waals surface area contributed by atoms with Gasteiger partial charge in [-0.05, 0) is 37.9 Å². The number of carbonyl (C=O) groups excluding carboxylic acids is 3. The van der Waals surface area contributed by atoms with Gasteiger partial charge in [-0.15, -0.1) is 0 Å². The van der Waals surface area contributed by atoms with Gasteiger partial charge < -0.3 is 24.8 Å². The summed E-state index contributed by atoms with van der Waals surface area (Å²) in [6.45, 7) is 3.49. The molecule has 3 N–H and O–H groups in total. The van der Waals surface area contributed by atoms with E-state index in [2.05, 4.69) is 40.9 Å². The van der Waals surface area contributed by atoms with Crippen molar-refractivity contribution in [2.75, 3.05) is 20.8 Å². The third-order valence-electron chi connectivity index (χ3n) is 10.1. The molecule has 0 spiro atoms. The summed E-state index contributed by atoms with van der Waals surface area (Å²) in [6, 6.07) is -0.799. The second-order valence-corrected chi connectivity index (χ2v) is 15.9. The van der Waals surface area contributed by atoms with Crippen molar-refractivity contribution in [2.24, 2.45) is 0 Å². The Morgan fingerprint density at radius 3 is 1.89 bits per heavy atom. The molecule has 344 valence electrons. The van der Waals surface area contributed by atoms with Crippen LogP contribution in [0.2, 0.25) is 0 Å². The molecule has 24 heteroatoms. The molecule has 6 rings (SSSR count). The third-order valence-corrected chi connectivity index (χ3v) is 10.1. The van der Waals surface area contributed by atoms with Gasteiger partial charge in [-0.25, -0.2) is 28.1 Å². The lowest BCUT2D eigenvalue weighted by atomic mass is 10.1. The molecule has 2 fully saturated rings. The number of nitrogens with one attached hydrogen (secondary N) is 3. The number of pyridine rings is 2. The lowest BCUT2D eigenvalue weighted by Crippen LogP contribution is -2.53. The van der Waals surface area contributed by atoms with Gasteiger partial charge in [0.1, 0.15) is 48.2 Å². The van der Waals surface area contributed by atoms with Gasteiger partial charge in [-0.1, -0.05) is 0 Å². The van der Waals surface area contributed by atoms with Gasteiger partial charge in [-0.3, -0.25) is 29.8 Å². The maximum atomic E-state index is 15.5. The van der Waals surface area contributed by atoms with E-state index in [9.17, 15) is 45.1 Å². The Kier molecular flexibility index (Phi) is 13.8. The van der Waals surface area contributed by atoms with Crippen LogP contribution in [0.1, 0.15) is 56.4 Å². The molecule has 2 saturated heterocycles. The Labute approximate surface area is 360 Å². The summed E-state index contributed by atoms with van der Waals surface area (Å²) in [6.07, 6.45) is -8.12. The van der Waals surface area contributed by atoms with Crippen LogP contribution >= 0.6 is 0 Å². The second kappa shape index (κ2) is 18.8. The van der Waals surface area contributed by atoms with Crippen molar-refractivity contribution in [3.63, 3.8) is 0 Å². The number of likely N-dealkylation sites (tertiary alicyclic amines) is 1. The summed E-state index contributed by atoms with van der Waals surface area (Å²) >= 11 is 0. The van der Waals surface area contributed by atoms with E-state index in [-0.39, 0.29) is 60.1 Å². The van der Waals surface area contributed by atoms with E-state index in [1.165, 1.54) is 38.7 Å². The quantitative estimate of drug-likeness (QED) is 0.132. The number of rotatable bonds is 12. The lowest BCUT2D eigenvalue weighted by molar-refractivity contribution is -0.720. The SMILES string of the molecule is COc1cnc(-c2cnc(C(F)(F)F)nc2)cc1CNC(=O)C1CC(F)C(C[n+]2cc(-c3cc(CNC(=O)C4CC(F)CN4C(=O)OC(C)(C)C)c(OC)cn3)cnc2C(F)(F)F)N1. The minimum absolute atomic E-state index is 0.0617. The number of halogens is 8. The number of hydrogen-bond acceptors (Lipinski definition) is 12. The Bertz CT molecular complexity index is 2350. The van der Waals surface area contributed by atoms with Crippen LogP contribution in [0.25, 0.3) is 22.5 Å². The standard InChI is InChI=1S/C40H42F8N10O6/c1-38(2,3)64-37(61)58-18-24(41)8-30(58)34(60)52-11-21-7-27(50-16-32(21)63-5)23-14-55-36(40(46,47)48)57(17-23)19-29-25(42)9-28(56-29)33(59)51-10-20-6-26(49-15-31(20)62-4)22-12-53-35(54-13-22)39(43,44)45/h6-7,12-17,24-25,28-30,56H,8-11,18-19H2,1-5H3,(H-,51,52,59,60)/p+1. The number of carbonyl (C=O) groups is 3. The van der Waals surface area contributed by atoms with E-state index in [0.29, 0.717) is 15.7 Å². The number of nitrogens with zero attached hydrogens (tertiary/aromatic N) is 7. The number of ether oxygens (including phenoxy) is 3. The predicted octanol–water partition coefficient (Wildman–Crippen LogP) is 4.69. The summed E-state index contributed by atoms with van der Waals surface area (Å²) in [7, 11) is 2.65. The zero-order valence-corrected chi connectivity index (χ0v) is 34.9. The Balaban J connectivity index is 1.14. The zero-order valence-electron chi connectivity index (χ0n) is 34.9. The van der Waals surface area contributed by atoms with Crippen LogP contribution in [0.5, 0.6) is 11.5 Å². The molecular weight excluding hydrogens is 868 g/mol. The Morgan fingerprint density at radius 1 is 0.781 bits per heavy atom. The summed E-state index contributed by atoms with van der Waals surface area (Å²) in [5, 5.41) is 8.03. The van der Waals surface area contributed by atoms with Crippen molar-refractivity contribution in [3.05, 3.63) is 72.1 Å². The van der Waals surface area contributed by atoms with E-state index in [1.807, 2.05) is 0 Å². The third kappa shape index (κ3) is 11.2. The molecule has 2 aliphatic heterocycles. The van der Waals surface area contributed by atoms with Crippen molar-refractivity contribution in [3.8, 4) is 34.0 Å². The second-order valence-electron chi connectivity index (χ2n) is 15.9. The van der Waals surface area contributed by atoms with Crippen LogP contribution in [-0.4, -0.2) is 105 Å². The fraction of sp³-hybridized carbons (Fsp3) is 0.475. The minimum Gasteiger partial charge on any atom is -0.495 e. The van der Waals surface area contributed by atoms with E-state index in [4.69, 9.17) is 14.2 Å². The minimum atomic E-state index is -4.98. The fourth-order valence-corrected chi connectivity index (χ4v) is 7.05. The summed E-state index contributed by atoms with van der Waals surface area (Å²) in [5.74, 6) is -3.70. The average Bonchev–Trinajstić information content (AvgIpc) is 3.82. The number of methoxy groups -OCH3 is 2. The first-order chi connectivity index (χ1) is 30.0. The lowest BCUT2D eigenvalue weighted by Gasteiger charge is -2.27. The molecule has 5 unspecified atom stereocenters. The molecule has 5 atom stereocenters. The first-order valence-electron chi connectivity index (χ1n) is 19.6. The van der Waals surface area contributed by atoms with Crippen molar-refractivity contribution in [1.82, 2.24) is 45.8 Å². The first-order valence-corrected chi connectivity index (χ1v) is 19.6. The smallest absolute Gasteiger partial charge is 0.495 e. The van der Waals surface area contributed by atoms with Crippen LogP contribution in [0, 0.1) is 0 Å². The molecule has 0 bridgehead atoms. The summed E-state index contributed by atoms with van der Waals surface area (Å²) in [4.78, 5) is 59.0. The average molecular weight is 912 g/mol. The normalized spacial score (nSPS) is 20.2. The summed E-state index contributed by atoms with van der Waals surface area (Å²) in [5.41, 5.74) is 0.208. The highest BCUT2D eigenvalue weighted by Gasteiger charge is 2.47. The van der Waals surface area contributed by atoms with Gasteiger partial charge in [-0.2, -0.15) is 26.3 Å². The number of hydrogen-bond donors (Lipinski definition) is 3. The number of aromatic nitrogens is 6. The molecule has 64 heavy (non-hydrogen) atoms. The largest absolute Gasteiger partial charge is 0.499 e. The molecule has 2 aliphatic rings. The maximum absolute atomic E-state index is 15.5. The maximum Gasteiger partial charge on any atom is 0.499 e. The van der Waals surface area contributed by atoms with Crippen LogP contribution in [0.4, 0.5) is 39.9 Å². The molecule has 0 aromatic carbocycles. The zero-order chi connectivity index (χ0) is 46.7. The Morgan fingerprint density at radius 2 is 1.34 bits per heavy atom. The van der Waals surface area contributed by atoms with Crippen LogP contribution in [0.3, 0.4) is 0 Å². The summed E-state index contributed by atoms with van der Waals surface area (Å²) < 4.78 is 128. The molecule has 3 amide bonds. The van der Waals surface area contributed by atoms with E-state index >= 15 is 4.39 Å². The first kappa shape index (κ1) is 47.2. The van der Waals surface area contributed by atoms with Crippen molar-refractivity contribution >= 4 is 17.9 Å². The molecular formula is C40H43F8N10O6+. The highest BCUT2D eigenvalue weighted by molar-refractivity contribution is 5.86. The monoisotopic (exact) mass is 911 g/mol. The highest BCUT2D eigenvalue weighted by Crippen LogP contribution is 2.31. The van der Waals surface area contributed by atoms with Gasteiger partial charge in [0.25, 0.3) is 0 Å². The molecule has 4 aromatic rings. The van der Waals surface area contributed by atoms with Crippen LogP contribution in [-0.2, 0) is 46.3 Å². The molecule has 0 saturated carbocycles. The molecule has 6 heterocycles. The van der Waals surface area contributed by atoms with Crippen LogP contribution in [0.15, 0.2) is 49.3 Å². The van der Waals surface area contributed by atoms with Crippen LogP contribution < -0.4 is 30.0 Å². The number of amides is 3. The van der Waals surface area contributed by atoms with Crippen molar-refractivity contribution in [1.29, 1.82) is 0 Å². The van der Waals surface area contributed by atoms with E-state index in [0.717, 1.165) is 29.7 Å². The number of alkyl halides is 8. The Hall–Kier alpha value is -6.33. The van der Waals surface area contributed by atoms with Gasteiger partial charge in [0, 0.05) is 55.0 Å². The molecule has 0 radical (unpaired) electrons. The van der Waals surface area contributed by atoms with Crippen molar-refractivity contribution in [2.45, 2.75) is 102 Å². The van der Waals surface area contributed by atoms with Gasteiger partial charge in [0.05, 0.1) is 62.2 Å². The highest BCUT2D eigenvalue weighted by atomic mass is 19.4. The molecule has 4 aromatic heterocycles. The molecule has 0 aliphatic carbocycles. The predicted molar refractivity (Wildman–Crippen MR) is 206 cm³/mol. The molecule has 16 nitrogen and oxygen atoms in total. The van der Waals surface area contributed by atoms with E-state index in [1.54, 1.807) is 20.8 Å².